The zero-order chi connectivity index (χ0) is 26.2. The van der Waals surface area contributed by atoms with Crippen LogP contribution in [0.1, 0.15) is 0 Å². The number of H-pyrrole nitrogens is 1. The Morgan fingerprint density at radius 1 is 1.03 bits per heavy atom. The summed E-state index contributed by atoms with van der Waals surface area (Å²) in [5.74, 6) is -1.46. The summed E-state index contributed by atoms with van der Waals surface area (Å²) in [4.78, 5) is 33.7. The van der Waals surface area contributed by atoms with Crippen molar-refractivity contribution >= 4 is 45.3 Å². The van der Waals surface area contributed by atoms with Crippen molar-refractivity contribution in [3.05, 3.63) is 89.0 Å². The van der Waals surface area contributed by atoms with Crippen LogP contribution in [0.5, 0.6) is 5.75 Å². The van der Waals surface area contributed by atoms with E-state index in [0.29, 0.717) is 22.1 Å². The maximum absolute atomic E-state index is 13.5. The molecule has 5 rings (SSSR count). The number of ether oxygens (including phenoxy) is 1. The number of rotatable bonds is 6. The van der Waals surface area contributed by atoms with Crippen LogP contribution in [0.4, 0.5) is 23.2 Å². The van der Waals surface area contributed by atoms with E-state index in [-0.39, 0.29) is 22.1 Å². The Bertz CT molecular complexity index is 1660. The molecule has 0 aliphatic rings. The third-order valence-electron chi connectivity index (χ3n) is 5.28. The highest BCUT2D eigenvalue weighted by Crippen LogP contribution is 2.28. The average molecular weight is 528 g/mol. The number of nitrogens with one attached hydrogen (secondary N) is 2. The SMILES string of the molecule is O=C(CSc1nc2c([nH]c3ccccc32)c(=O)n1-c1ccc(OC(F)(F)F)cc1)Nc1ccc(F)cc1. The fourth-order valence-corrected chi connectivity index (χ4v) is 4.53. The molecule has 0 saturated heterocycles. The molecule has 0 fully saturated rings. The van der Waals surface area contributed by atoms with E-state index >= 15 is 0 Å². The first-order valence-electron chi connectivity index (χ1n) is 10.8. The summed E-state index contributed by atoms with van der Waals surface area (Å²) in [5, 5.41) is 3.49. The van der Waals surface area contributed by atoms with Crippen LogP contribution in [0.2, 0.25) is 0 Å². The van der Waals surface area contributed by atoms with E-state index < -0.39 is 29.4 Å². The predicted molar refractivity (Wildman–Crippen MR) is 132 cm³/mol. The lowest BCUT2D eigenvalue weighted by Crippen LogP contribution is -2.23. The fraction of sp³-hybridized carbons (Fsp3) is 0.0800. The molecule has 0 aliphatic heterocycles. The van der Waals surface area contributed by atoms with Crippen LogP contribution in [0, 0.1) is 5.82 Å². The van der Waals surface area contributed by atoms with Gasteiger partial charge in [-0.25, -0.2) is 9.37 Å². The van der Waals surface area contributed by atoms with Crippen molar-refractivity contribution in [3.8, 4) is 11.4 Å². The zero-order valence-corrected chi connectivity index (χ0v) is 19.5. The van der Waals surface area contributed by atoms with E-state index in [4.69, 9.17) is 0 Å². The molecule has 0 atom stereocenters. The molecule has 37 heavy (non-hydrogen) atoms. The largest absolute Gasteiger partial charge is 0.573 e. The highest BCUT2D eigenvalue weighted by Gasteiger charge is 2.31. The molecule has 7 nitrogen and oxygen atoms in total. The first-order chi connectivity index (χ1) is 17.7. The van der Waals surface area contributed by atoms with Crippen molar-refractivity contribution in [2.45, 2.75) is 11.5 Å². The molecule has 188 valence electrons. The number of fused-ring (bicyclic) bond motifs is 3. The molecule has 0 saturated carbocycles. The Hall–Kier alpha value is -4.32. The lowest BCUT2D eigenvalue weighted by atomic mass is 10.2. The number of hydrogen-bond donors (Lipinski definition) is 2. The number of carbonyl (C=O) groups is 1. The molecule has 12 heteroatoms. The molecular weight excluding hydrogens is 512 g/mol. The maximum Gasteiger partial charge on any atom is 0.573 e. The van der Waals surface area contributed by atoms with E-state index in [1.807, 2.05) is 0 Å². The van der Waals surface area contributed by atoms with Gasteiger partial charge in [-0.2, -0.15) is 0 Å². The number of nitrogens with zero attached hydrogens (tertiary/aromatic N) is 2. The molecular formula is C25H16F4N4O3S. The third kappa shape index (κ3) is 5.28. The molecule has 0 bridgehead atoms. The molecule has 5 aromatic rings. The van der Waals surface area contributed by atoms with Crippen molar-refractivity contribution in [1.29, 1.82) is 0 Å². The summed E-state index contributed by atoms with van der Waals surface area (Å²) in [6.45, 7) is 0. The molecule has 0 unspecified atom stereocenters. The third-order valence-corrected chi connectivity index (χ3v) is 6.22. The second-order valence-corrected chi connectivity index (χ2v) is 8.76. The van der Waals surface area contributed by atoms with Crippen LogP contribution in [-0.2, 0) is 4.79 Å². The van der Waals surface area contributed by atoms with Gasteiger partial charge < -0.3 is 15.0 Å². The number of halogens is 4. The number of hydrogen-bond acceptors (Lipinski definition) is 5. The number of carbonyl (C=O) groups excluding carboxylic acids is 1. The Balaban J connectivity index is 1.53. The normalized spacial score (nSPS) is 11.7. The van der Waals surface area contributed by atoms with E-state index in [0.717, 1.165) is 23.9 Å². The van der Waals surface area contributed by atoms with Crippen molar-refractivity contribution < 1.29 is 27.1 Å². The number of benzene rings is 3. The molecule has 0 radical (unpaired) electrons. The van der Waals surface area contributed by atoms with Crippen molar-refractivity contribution in [2.75, 3.05) is 11.1 Å². The number of aromatic amines is 1. The van der Waals surface area contributed by atoms with Crippen LogP contribution in [0.25, 0.3) is 27.6 Å². The topological polar surface area (TPSA) is 89.0 Å². The van der Waals surface area contributed by atoms with E-state index in [1.54, 1.807) is 24.3 Å². The second kappa shape index (κ2) is 9.62. The van der Waals surface area contributed by atoms with Crippen molar-refractivity contribution in [2.24, 2.45) is 0 Å². The molecule has 0 aliphatic carbocycles. The fourth-order valence-electron chi connectivity index (χ4n) is 3.72. The molecule has 1 amide bonds. The van der Waals surface area contributed by atoms with Crippen molar-refractivity contribution in [3.63, 3.8) is 0 Å². The molecule has 3 aromatic carbocycles. The first kappa shape index (κ1) is 24.4. The monoisotopic (exact) mass is 528 g/mol. The number of amides is 1. The minimum atomic E-state index is -4.86. The van der Waals surface area contributed by atoms with Gasteiger partial charge >= 0.3 is 6.36 Å². The number of anilines is 1. The summed E-state index contributed by atoms with van der Waals surface area (Å²) >= 11 is 0.968. The average Bonchev–Trinajstić information content (AvgIpc) is 3.23. The number of alkyl halides is 3. The molecule has 2 heterocycles. The number of thioether (sulfide) groups is 1. The highest BCUT2D eigenvalue weighted by molar-refractivity contribution is 7.99. The Kier molecular flexibility index (Phi) is 6.34. The van der Waals surface area contributed by atoms with Gasteiger partial charge in [-0.3, -0.25) is 14.2 Å². The van der Waals surface area contributed by atoms with Crippen LogP contribution in [0.15, 0.2) is 82.7 Å². The first-order valence-corrected chi connectivity index (χ1v) is 11.7. The zero-order valence-electron chi connectivity index (χ0n) is 18.7. The summed E-state index contributed by atoms with van der Waals surface area (Å²) in [7, 11) is 0. The van der Waals surface area contributed by atoms with Gasteiger partial charge in [0, 0.05) is 16.6 Å². The number of para-hydroxylation sites is 1. The minimum Gasteiger partial charge on any atom is -0.406 e. The quantitative estimate of drug-likeness (QED) is 0.169. The van der Waals surface area contributed by atoms with Gasteiger partial charge in [-0.15, -0.1) is 13.2 Å². The van der Waals surface area contributed by atoms with Gasteiger partial charge in [0.05, 0.1) is 11.4 Å². The van der Waals surface area contributed by atoms with Crippen molar-refractivity contribution in [1.82, 2.24) is 14.5 Å². The smallest absolute Gasteiger partial charge is 0.406 e. The summed E-state index contributed by atoms with van der Waals surface area (Å²) < 4.78 is 56.0. The van der Waals surface area contributed by atoms with Gasteiger partial charge in [-0.05, 0) is 54.6 Å². The van der Waals surface area contributed by atoms with Crippen LogP contribution >= 0.6 is 11.8 Å². The van der Waals surface area contributed by atoms with Gasteiger partial charge in [-0.1, -0.05) is 30.0 Å². The van der Waals surface area contributed by atoms with Gasteiger partial charge in [0.25, 0.3) is 5.56 Å². The lowest BCUT2D eigenvalue weighted by molar-refractivity contribution is -0.274. The molecule has 2 N–H and O–H groups in total. The second-order valence-electron chi connectivity index (χ2n) is 7.81. The van der Waals surface area contributed by atoms with Crippen LogP contribution in [0.3, 0.4) is 0 Å². The summed E-state index contributed by atoms with van der Waals surface area (Å²) in [5.41, 5.74) is 1.41. The summed E-state index contributed by atoms with van der Waals surface area (Å²) in [6, 6.07) is 17.2. The standard InChI is InChI=1S/C25H16F4N4O3S/c26-14-5-7-15(8-6-14)30-20(34)13-37-24-32-21-18-3-1-2-4-19(18)31-22(21)23(35)33(24)16-9-11-17(12-10-16)36-25(27,28)29/h1-12,31H,13H2,(H,30,34). The van der Waals surface area contributed by atoms with Gasteiger partial charge in [0.2, 0.25) is 5.91 Å². The lowest BCUT2D eigenvalue weighted by Gasteiger charge is -2.13. The predicted octanol–water partition coefficient (Wildman–Crippen LogP) is 5.64. The Morgan fingerprint density at radius 2 is 1.73 bits per heavy atom. The van der Waals surface area contributed by atoms with E-state index in [2.05, 4.69) is 20.0 Å². The van der Waals surface area contributed by atoms with Gasteiger partial charge in [0.1, 0.15) is 22.6 Å². The van der Waals surface area contributed by atoms with E-state index in [9.17, 15) is 27.2 Å². The van der Waals surface area contributed by atoms with Gasteiger partial charge in [0.15, 0.2) is 5.16 Å². The molecule has 2 aromatic heterocycles. The molecule has 0 spiro atoms. The Labute approximate surface area is 210 Å². The highest BCUT2D eigenvalue weighted by atomic mass is 32.2. The number of aromatic nitrogens is 3. The Morgan fingerprint density at radius 3 is 2.43 bits per heavy atom. The van der Waals surface area contributed by atoms with E-state index in [1.165, 1.54) is 41.0 Å². The maximum atomic E-state index is 13.5. The minimum absolute atomic E-state index is 0.146. The van der Waals surface area contributed by atoms with Crippen LogP contribution in [-0.4, -0.2) is 32.6 Å². The van der Waals surface area contributed by atoms with Crippen LogP contribution < -0.4 is 15.6 Å². The summed E-state index contributed by atoms with van der Waals surface area (Å²) in [6.07, 6.45) is -4.86.